The van der Waals surface area contributed by atoms with Crippen LogP contribution in [0.25, 0.3) is 11.4 Å². The molecule has 0 saturated heterocycles. The molecule has 0 aliphatic heterocycles. The summed E-state index contributed by atoms with van der Waals surface area (Å²) < 4.78 is 20.7. The van der Waals surface area contributed by atoms with Gasteiger partial charge in [0.1, 0.15) is 17.6 Å². The van der Waals surface area contributed by atoms with E-state index in [1.165, 1.54) is 12.1 Å². The van der Waals surface area contributed by atoms with Crippen LogP contribution in [0.3, 0.4) is 0 Å². The zero-order chi connectivity index (χ0) is 21.4. The van der Waals surface area contributed by atoms with Crippen LogP contribution in [0.2, 0.25) is 0 Å². The van der Waals surface area contributed by atoms with Crippen molar-refractivity contribution in [1.29, 1.82) is 0 Å². The number of carbonyl (C=O) groups excluding carboxylic acids is 1. The number of hydrogen-bond acceptors (Lipinski definition) is 5. The van der Waals surface area contributed by atoms with Crippen LogP contribution in [0, 0.1) is 5.82 Å². The molecule has 1 fully saturated rings. The van der Waals surface area contributed by atoms with Gasteiger partial charge in [0.15, 0.2) is 0 Å². The molecule has 31 heavy (non-hydrogen) atoms. The number of nitrogens with one attached hydrogen (secondary N) is 1. The Hall–Kier alpha value is -3.81. The summed E-state index contributed by atoms with van der Waals surface area (Å²) in [7, 11) is 1.76. The molecular weight excluding hydrogens is 397 g/mol. The highest BCUT2D eigenvalue weighted by atomic mass is 19.1. The Morgan fingerprint density at radius 1 is 1.16 bits per heavy atom. The molecule has 1 N–H and O–H groups in total. The molecule has 0 radical (unpaired) electrons. The van der Waals surface area contributed by atoms with Crippen molar-refractivity contribution in [3.05, 3.63) is 89.3 Å². The summed E-state index contributed by atoms with van der Waals surface area (Å²) in [5, 5.41) is 11.4. The van der Waals surface area contributed by atoms with Crippen molar-refractivity contribution in [2.45, 2.75) is 24.8 Å². The minimum Gasteiger partial charge on any atom is -0.336 e. The van der Waals surface area contributed by atoms with Gasteiger partial charge >= 0.3 is 0 Å². The predicted molar refractivity (Wildman–Crippen MR) is 111 cm³/mol. The quantitative estimate of drug-likeness (QED) is 0.512. The Balaban J connectivity index is 1.46. The largest absolute Gasteiger partial charge is 0.336 e. The topological polar surface area (TPSA) is 85.8 Å². The Kier molecular flexibility index (Phi) is 4.82. The maximum atomic E-state index is 13.6. The third kappa shape index (κ3) is 3.96. The first-order valence-electron chi connectivity index (χ1n) is 10.1. The number of amides is 1. The lowest BCUT2D eigenvalue weighted by Crippen LogP contribution is -2.31. The normalized spacial score (nSPS) is 14.4. The van der Waals surface area contributed by atoms with Gasteiger partial charge in [-0.3, -0.25) is 9.48 Å². The van der Waals surface area contributed by atoms with E-state index in [2.05, 4.69) is 20.6 Å². The van der Waals surface area contributed by atoms with Crippen LogP contribution in [0.15, 0.2) is 65.2 Å². The number of nitrogens with zero attached hydrogens (tertiary/aromatic N) is 4. The van der Waals surface area contributed by atoms with E-state index in [1.807, 2.05) is 36.4 Å². The average Bonchev–Trinajstić information content (AvgIpc) is 3.38. The summed E-state index contributed by atoms with van der Waals surface area (Å²) in [6, 6.07) is 16.5. The van der Waals surface area contributed by atoms with Crippen LogP contribution >= 0.6 is 0 Å². The molecule has 1 atom stereocenters. The number of carbonyl (C=O) groups is 1. The summed E-state index contributed by atoms with van der Waals surface area (Å²) in [6.45, 7) is 0. The lowest BCUT2D eigenvalue weighted by atomic mass is 10.1. The number of aromatic nitrogens is 4. The summed E-state index contributed by atoms with van der Waals surface area (Å²) in [5.74, 6) is 0.229. The van der Waals surface area contributed by atoms with E-state index in [0.717, 1.165) is 24.1 Å². The molecule has 2 aromatic carbocycles. The van der Waals surface area contributed by atoms with Gasteiger partial charge in [-0.1, -0.05) is 47.6 Å². The van der Waals surface area contributed by atoms with Gasteiger partial charge in [0.25, 0.3) is 11.8 Å². The molecule has 1 aliphatic carbocycles. The Morgan fingerprint density at radius 2 is 1.97 bits per heavy atom. The molecule has 0 bridgehead atoms. The fourth-order valence-corrected chi connectivity index (χ4v) is 3.52. The molecule has 2 aromatic heterocycles. The first-order valence-corrected chi connectivity index (χ1v) is 10.1. The van der Waals surface area contributed by atoms with E-state index in [-0.39, 0.29) is 23.4 Å². The lowest BCUT2D eigenvalue weighted by Gasteiger charge is -2.15. The molecule has 5 rings (SSSR count). The molecule has 1 saturated carbocycles. The van der Waals surface area contributed by atoms with Crippen molar-refractivity contribution >= 4 is 5.91 Å². The van der Waals surface area contributed by atoms with Gasteiger partial charge in [0.05, 0.1) is 5.69 Å². The van der Waals surface area contributed by atoms with Crippen molar-refractivity contribution in [3.8, 4) is 11.4 Å². The van der Waals surface area contributed by atoms with Crippen LogP contribution in [0.1, 0.15) is 52.4 Å². The van der Waals surface area contributed by atoms with Gasteiger partial charge in [-0.2, -0.15) is 10.1 Å². The van der Waals surface area contributed by atoms with Gasteiger partial charge in [-0.15, -0.1) is 0 Å². The molecular formula is C23H20FN5O2. The van der Waals surface area contributed by atoms with Crippen LogP contribution in [0.5, 0.6) is 0 Å². The predicted octanol–water partition coefficient (Wildman–Crippen LogP) is 4.01. The summed E-state index contributed by atoms with van der Waals surface area (Å²) in [6.07, 6.45) is 2.21. The van der Waals surface area contributed by atoms with Crippen molar-refractivity contribution in [3.63, 3.8) is 0 Å². The standard InChI is InChI=1S/C23H20FN5O2/c1-29-19(13-18(27-29)14-10-11-14)22(30)25-20(15-6-3-2-4-7-15)23-26-21(28-31-23)16-8-5-9-17(24)12-16/h2-9,12-14,20H,10-11H2,1H3,(H,25,30). The molecule has 7 nitrogen and oxygen atoms in total. The third-order valence-electron chi connectivity index (χ3n) is 5.31. The highest BCUT2D eigenvalue weighted by molar-refractivity contribution is 5.93. The molecule has 4 aromatic rings. The second-order valence-electron chi connectivity index (χ2n) is 7.64. The first kappa shape index (κ1) is 19.2. The van der Waals surface area contributed by atoms with E-state index in [9.17, 15) is 9.18 Å². The van der Waals surface area contributed by atoms with Gasteiger partial charge in [0.2, 0.25) is 5.82 Å². The minimum atomic E-state index is -0.664. The number of benzene rings is 2. The van der Waals surface area contributed by atoms with Gasteiger partial charge in [0, 0.05) is 18.5 Å². The minimum absolute atomic E-state index is 0.211. The Bertz CT molecular complexity index is 1230. The molecule has 1 amide bonds. The summed E-state index contributed by atoms with van der Waals surface area (Å²) in [5.41, 5.74) is 2.69. The second-order valence-corrected chi connectivity index (χ2v) is 7.64. The average molecular weight is 417 g/mol. The molecule has 1 unspecified atom stereocenters. The summed E-state index contributed by atoms with van der Waals surface area (Å²) in [4.78, 5) is 17.5. The monoisotopic (exact) mass is 417 g/mol. The van der Waals surface area contributed by atoms with Crippen LogP contribution in [-0.2, 0) is 7.05 Å². The van der Waals surface area contributed by atoms with E-state index in [4.69, 9.17) is 4.52 Å². The molecule has 8 heteroatoms. The van der Waals surface area contributed by atoms with E-state index in [0.29, 0.717) is 17.2 Å². The zero-order valence-electron chi connectivity index (χ0n) is 16.8. The molecule has 1 aliphatic rings. The van der Waals surface area contributed by atoms with Crippen molar-refractivity contribution in [1.82, 2.24) is 25.2 Å². The van der Waals surface area contributed by atoms with Crippen molar-refractivity contribution < 1.29 is 13.7 Å². The molecule has 156 valence electrons. The van der Waals surface area contributed by atoms with Crippen LogP contribution < -0.4 is 5.32 Å². The fourth-order valence-electron chi connectivity index (χ4n) is 3.52. The highest BCUT2D eigenvalue weighted by Crippen LogP contribution is 2.39. The first-order chi connectivity index (χ1) is 15.1. The number of rotatable bonds is 6. The number of aryl methyl sites for hydroxylation is 1. The van der Waals surface area contributed by atoms with Crippen LogP contribution in [-0.4, -0.2) is 25.8 Å². The third-order valence-corrected chi connectivity index (χ3v) is 5.31. The van der Waals surface area contributed by atoms with E-state index in [1.54, 1.807) is 23.9 Å². The van der Waals surface area contributed by atoms with Crippen molar-refractivity contribution in [2.24, 2.45) is 7.05 Å². The SMILES string of the molecule is Cn1nc(C2CC2)cc1C(=O)NC(c1ccccc1)c1nc(-c2cccc(F)c2)no1. The van der Waals surface area contributed by atoms with Crippen LogP contribution in [0.4, 0.5) is 4.39 Å². The van der Waals surface area contributed by atoms with Gasteiger partial charge < -0.3 is 9.84 Å². The zero-order valence-corrected chi connectivity index (χ0v) is 16.8. The maximum absolute atomic E-state index is 13.6. The lowest BCUT2D eigenvalue weighted by molar-refractivity contribution is 0.0927. The fraction of sp³-hybridized carbons (Fsp3) is 0.217. The number of hydrogen-bond donors (Lipinski definition) is 1. The molecule has 0 spiro atoms. The Morgan fingerprint density at radius 3 is 2.71 bits per heavy atom. The van der Waals surface area contributed by atoms with E-state index < -0.39 is 6.04 Å². The van der Waals surface area contributed by atoms with Gasteiger partial charge in [-0.25, -0.2) is 4.39 Å². The van der Waals surface area contributed by atoms with Crippen molar-refractivity contribution in [2.75, 3.05) is 0 Å². The van der Waals surface area contributed by atoms with E-state index >= 15 is 0 Å². The Labute approximate surface area is 177 Å². The highest BCUT2D eigenvalue weighted by Gasteiger charge is 2.30. The van der Waals surface area contributed by atoms with Gasteiger partial charge in [-0.05, 0) is 36.6 Å². The maximum Gasteiger partial charge on any atom is 0.270 e. The molecule has 2 heterocycles. The number of halogens is 1. The second kappa shape index (κ2) is 7.79. The summed E-state index contributed by atoms with van der Waals surface area (Å²) >= 11 is 0. The smallest absolute Gasteiger partial charge is 0.270 e.